The highest BCUT2D eigenvalue weighted by Crippen LogP contribution is 2.23. The molecule has 0 saturated carbocycles. The molecule has 0 unspecified atom stereocenters. The van der Waals surface area contributed by atoms with Crippen molar-refractivity contribution in [2.24, 2.45) is 7.05 Å². The van der Waals surface area contributed by atoms with Gasteiger partial charge >= 0.3 is 0 Å². The van der Waals surface area contributed by atoms with Gasteiger partial charge in [-0.25, -0.2) is 17.5 Å². The van der Waals surface area contributed by atoms with Crippen molar-refractivity contribution in [1.29, 1.82) is 0 Å². The van der Waals surface area contributed by atoms with Gasteiger partial charge < -0.3 is 5.73 Å². The van der Waals surface area contributed by atoms with E-state index in [-0.39, 0.29) is 15.9 Å². The largest absolute Gasteiger partial charge is 0.384 e. The Morgan fingerprint density at radius 1 is 1.50 bits per heavy atom. The van der Waals surface area contributed by atoms with E-state index in [1.807, 2.05) is 0 Å². The summed E-state index contributed by atoms with van der Waals surface area (Å²) in [5.74, 6) is -0.141. The molecule has 9 heteroatoms. The molecule has 0 amide bonds. The lowest BCUT2D eigenvalue weighted by Gasteiger charge is -2.08. The summed E-state index contributed by atoms with van der Waals surface area (Å²) in [5, 5.41) is 3.92. The van der Waals surface area contributed by atoms with Crippen molar-refractivity contribution in [2.45, 2.75) is 11.4 Å². The third-order valence-electron chi connectivity index (χ3n) is 2.70. The van der Waals surface area contributed by atoms with Gasteiger partial charge in [0, 0.05) is 23.6 Å². The fraction of sp³-hybridized carbons (Fsp3) is 0.182. The minimum Gasteiger partial charge on any atom is -0.384 e. The van der Waals surface area contributed by atoms with E-state index in [0.717, 1.165) is 12.1 Å². The SMILES string of the molecule is Cn1ncc(CNS(=O)(=O)c2ccc(F)cc2Br)c1N. The van der Waals surface area contributed by atoms with Crippen molar-refractivity contribution in [3.8, 4) is 0 Å². The molecule has 0 aliphatic rings. The second kappa shape index (κ2) is 5.51. The maximum atomic E-state index is 13.0. The molecule has 108 valence electrons. The molecule has 6 nitrogen and oxygen atoms in total. The molecular formula is C11H12BrFN4O2S. The van der Waals surface area contributed by atoms with E-state index >= 15 is 0 Å². The predicted octanol–water partition coefficient (Wildman–Crippen LogP) is 1.38. The van der Waals surface area contributed by atoms with Crippen molar-refractivity contribution < 1.29 is 12.8 Å². The van der Waals surface area contributed by atoms with Gasteiger partial charge in [-0.2, -0.15) is 5.10 Å². The van der Waals surface area contributed by atoms with E-state index in [9.17, 15) is 12.8 Å². The van der Waals surface area contributed by atoms with Crippen LogP contribution in [-0.2, 0) is 23.6 Å². The van der Waals surface area contributed by atoms with Gasteiger partial charge in [0.2, 0.25) is 10.0 Å². The Balaban J connectivity index is 2.21. The number of hydrogen-bond acceptors (Lipinski definition) is 4. The second-order valence-corrected chi connectivity index (χ2v) is 6.67. The third kappa shape index (κ3) is 3.00. The van der Waals surface area contributed by atoms with Crippen molar-refractivity contribution >= 4 is 31.8 Å². The minimum absolute atomic E-state index is 0.00578. The number of nitrogen functional groups attached to an aromatic ring is 1. The highest BCUT2D eigenvalue weighted by Gasteiger charge is 2.18. The Labute approximate surface area is 124 Å². The highest BCUT2D eigenvalue weighted by molar-refractivity contribution is 9.10. The molecule has 2 aromatic rings. The van der Waals surface area contributed by atoms with Gasteiger partial charge in [0.25, 0.3) is 0 Å². The van der Waals surface area contributed by atoms with Gasteiger partial charge in [0.15, 0.2) is 0 Å². The molecule has 0 atom stereocenters. The number of nitrogens with zero attached hydrogens (tertiary/aromatic N) is 2. The average Bonchev–Trinajstić information content (AvgIpc) is 2.67. The molecule has 0 aliphatic carbocycles. The van der Waals surface area contributed by atoms with E-state index in [2.05, 4.69) is 25.8 Å². The lowest BCUT2D eigenvalue weighted by Crippen LogP contribution is -2.24. The Kier molecular flexibility index (Phi) is 4.11. The van der Waals surface area contributed by atoms with Crippen molar-refractivity contribution in [2.75, 3.05) is 5.73 Å². The Morgan fingerprint density at radius 2 is 2.20 bits per heavy atom. The number of nitrogens with one attached hydrogen (secondary N) is 1. The molecule has 0 saturated heterocycles. The molecule has 2 rings (SSSR count). The summed E-state index contributed by atoms with van der Waals surface area (Å²) in [7, 11) is -2.11. The van der Waals surface area contributed by atoms with E-state index < -0.39 is 15.8 Å². The summed E-state index contributed by atoms with van der Waals surface area (Å²) in [6.07, 6.45) is 1.48. The van der Waals surface area contributed by atoms with E-state index in [1.165, 1.54) is 16.9 Å². The second-order valence-electron chi connectivity index (χ2n) is 4.08. The van der Waals surface area contributed by atoms with Gasteiger partial charge in [0.1, 0.15) is 11.6 Å². The fourth-order valence-corrected chi connectivity index (χ4v) is 3.63. The predicted molar refractivity (Wildman–Crippen MR) is 75.7 cm³/mol. The monoisotopic (exact) mass is 362 g/mol. The molecule has 1 heterocycles. The first-order chi connectivity index (χ1) is 9.31. The third-order valence-corrected chi connectivity index (χ3v) is 5.08. The zero-order chi connectivity index (χ0) is 14.9. The summed E-state index contributed by atoms with van der Waals surface area (Å²) in [5.41, 5.74) is 6.29. The van der Waals surface area contributed by atoms with Gasteiger partial charge in [-0.3, -0.25) is 4.68 Å². The lowest BCUT2D eigenvalue weighted by molar-refractivity contribution is 0.579. The van der Waals surface area contributed by atoms with Gasteiger partial charge in [-0.15, -0.1) is 0 Å². The minimum atomic E-state index is -3.77. The molecule has 0 fully saturated rings. The quantitative estimate of drug-likeness (QED) is 0.859. The van der Waals surface area contributed by atoms with Crippen LogP contribution in [0.1, 0.15) is 5.56 Å². The normalized spacial score (nSPS) is 11.8. The number of aryl methyl sites for hydroxylation is 1. The first-order valence-electron chi connectivity index (χ1n) is 5.52. The molecule has 20 heavy (non-hydrogen) atoms. The maximum Gasteiger partial charge on any atom is 0.241 e. The van der Waals surface area contributed by atoms with Gasteiger partial charge in [-0.1, -0.05) is 0 Å². The summed E-state index contributed by atoms with van der Waals surface area (Å²) in [6.45, 7) is 0.00578. The van der Waals surface area contributed by atoms with Crippen LogP contribution in [0.3, 0.4) is 0 Å². The molecule has 1 aromatic heterocycles. The van der Waals surface area contributed by atoms with Crippen molar-refractivity contribution in [3.63, 3.8) is 0 Å². The fourth-order valence-electron chi connectivity index (χ4n) is 1.57. The van der Waals surface area contributed by atoms with Gasteiger partial charge in [-0.05, 0) is 34.1 Å². The summed E-state index contributed by atoms with van der Waals surface area (Å²) < 4.78 is 41.2. The maximum absolute atomic E-state index is 13.0. The Hall–Kier alpha value is -1.45. The smallest absolute Gasteiger partial charge is 0.241 e. The molecular weight excluding hydrogens is 351 g/mol. The number of halogens is 2. The molecule has 0 aliphatic heterocycles. The van der Waals surface area contributed by atoms with Crippen LogP contribution in [-0.4, -0.2) is 18.2 Å². The number of hydrogen-bond donors (Lipinski definition) is 2. The van der Waals surface area contributed by atoms with Crippen LogP contribution in [0, 0.1) is 5.82 Å². The number of nitrogens with two attached hydrogens (primary N) is 1. The van der Waals surface area contributed by atoms with Crippen LogP contribution in [0.5, 0.6) is 0 Å². The van der Waals surface area contributed by atoms with Crippen LogP contribution in [0.4, 0.5) is 10.2 Å². The Morgan fingerprint density at radius 3 is 2.75 bits per heavy atom. The topological polar surface area (TPSA) is 90.0 Å². The van der Waals surface area contributed by atoms with Crippen molar-refractivity contribution in [1.82, 2.24) is 14.5 Å². The van der Waals surface area contributed by atoms with Crippen LogP contribution in [0.2, 0.25) is 0 Å². The number of anilines is 1. The summed E-state index contributed by atoms with van der Waals surface area (Å²) in [4.78, 5) is -0.0404. The molecule has 0 radical (unpaired) electrons. The van der Waals surface area contributed by atoms with Crippen molar-refractivity contribution in [3.05, 3.63) is 40.2 Å². The van der Waals surface area contributed by atoms with Crippen LogP contribution < -0.4 is 10.5 Å². The zero-order valence-corrected chi connectivity index (χ0v) is 12.9. The number of aromatic nitrogens is 2. The lowest BCUT2D eigenvalue weighted by atomic mass is 10.3. The van der Waals surface area contributed by atoms with E-state index in [0.29, 0.717) is 11.4 Å². The summed E-state index contributed by atoms with van der Waals surface area (Å²) in [6, 6.07) is 3.36. The van der Waals surface area contributed by atoms with Crippen LogP contribution >= 0.6 is 15.9 Å². The first-order valence-corrected chi connectivity index (χ1v) is 7.80. The highest BCUT2D eigenvalue weighted by atomic mass is 79.9. The van der Waals surface area contributed by atoms with E-state index in [1.54, 1.807) is 7.05 Å². The van der Waals surface area contributed by atoms with Crippen LogP contribution in [0.15, 0.2) is 33.8 Å². The molecule has 0 spiro atoms. The van der Waals surface area contributed by atoms with E-state index in [4.69, 9.17) is 5.73 Å². The Bertz CT molecular complexity index is 745. The average molecular weight is 363 g/mol. The molecule has 3 N–H and O–H groups in total. The standard InChI is InChI=1S/C11H12BrFN4O2S/c1-17-11(14)7(5-15-17)6-16-20(18,19)10-3-2-8(13)4-9(10)12/h2-5,16H,6,14H2,1H3. The van der Waals surface area contributed by atoms with Crippen LogP contribution in [0.25, 0.3) is 0 Å². The zero-order valence-electron chi connectivity index (χ0n) is 10.5. The molecule has 0 bridgehead atoms. The first kappa shape index (κ1) is 14.9. The number of sulfonamides is 1. The number of benzene rings is 1. The summed E-state index contributed by atoms with van der Waals surface area (Å²) >= 11 is 3.03. The van der Waals surface area contributed by atoms with Gasteiger partial charge in [0.05, 0.1) is 11.1 Å². The number of rotatable bonds is 4. The molecule has 1 aromatic carbocycles.